The van der Waals surface area contributed by atoms with E-state index in [2.05, 4.69) is 15.4 Å². The van der Waals surface area contributed by atoms with E-state index in [1.54, 1.807) is 0 Å². The van der Waals surface area contributed by atoms with Gasteiger partial charge in [-0.3, -0.25) is 4.90 Å². The van der Waals surface area contributed by atoms with Gasteiger partial charge in [-0.05, 0) is 12.5 Å². The van der Waals surface area contributed by atoms with Crippen molar-refractivity contribution in [2.45, 2.75) is 18.6 Å². The molecule has 5 nitrogen and oxygen atoms in total. The van der Waals surface area contributed by atoms with Crippen molar-refractivity contribution < 1.29 is 13.9 Å². The zero-order chi connectivity index (χ0) is 14.2. The molecular formula is C13H14F2N4O. The van der Waals surface area contributed by atoms with E-state index in [1.165, 1.54) is 18.3 Å². The predicted octanol–water partition coefficient (Wildman–Crippen LogP) is 1.18. The Kier molecular flexibility index (Phi) is 3.23. The number of likely N-dealkylation sites (tertiary alicyclic amines) is 1. The lowest BCUT2D eigenvalue weighted by Crippen LogP contribution is -2.31. The predicted molar refractivity (Wildman–Crippen MR) is 66.5 cm³/mol. The highest BCUT2D eigenvalue weighted by Gasteiger charge is 2.39. The maximum atomic E-state index is 13.6. The summed E-state index contributed by atoms with van der Waals surface area (Å²) in [5.74, 6) is -1.16. The number of nitrogens with zero attached hydrogens (tertiary/aromatic N) is 3. The van der Waals surface area contributed by atoms with Crippen molar-refractivity contribution in [1.82, 2.24) is 20.3 Å². The van der Waals surface area contributed by atoms with Crippen LogP contribution >= 0.6 is 0 Å². The van der Waals surface area contributed by atoms with E-state index in [-0.39, 0.29) is 0 Å². The number of aliphatic hydroxyl groups is 1. The molecule has 106 valence electrons. The second kappa shape index (κ2) is 4.92. The average molecular weight is 280 g/mol. The minimum Gasteiger partial charge on any atom is -0.382 e. The van der Waals surface area contributed by atoms with Gasteiger partial charge < -0.3 is 5.11 Å². The van der Waals surface area contributed by atoms with Gasteiger partial charge in [0.1, 0.15) is 22.9 Å². The SMILES string of the molecule is O[C@]1(c2cn[nH]n2)CCN(Cc2ccc(F)cc2F)C1. The van der Waals surface area contributed by atoms with Crippen LogP contribution in [0.25, 0.3) is 0 Å². The van der Waals surface area contributed by atoms with Crippen molar-refractivity contribution in [1.29, 1.82) is 0 Å². The van der Waals surface area contributed by atoms with Gasteiger partial charge in [0.2, 0.25) is 0 Å². The Balaban J connectivity index is 1.72. The van der Waals surface area contributed by atoms with Crippen LogP contribution in [-0.4, -0.2) is 38.5 Å². The van der Waals surface area contributed by atoms with E-state index < -0.39 is 17.2 Å². The van der Waals surface area contributed by atoms with Crippen molar-refractivity contribution >= 4 is 0 Å². The summed E-state index contributed by atoms with van der Waals surface area (Å²) in [5.41, 5.74) is -0.167. The van der Waals surface area contributed by atoms with Crippen molar-refractivity contribution in [2.24, 2.45) is 0 Å². The highest BCUT2D eigenvalue weighted by molar-refractivity contribution is 5.19. The fourth-order valence-corrected chi connectivity index (χ4v) is 2.53. The normalized spacial score (nSPS) is 23.4. The van der Waals surface area contributed by atoms with Crippen LogP contribution in [0, 0.1) is 11.6 Å². The van der Waals surface area contributed by atoms with Gasteiger partial charge in [0, 0.05) is 31.3 Å². The van der Waals surface area contributed by atoms with E-state index in [1.807, 2.05) is 4.90 Å². The Morgan fingerprint density at radius 1 is 1.40 bits per heavy atom. The van der Waals surface area contributed by atoms with Gasteiger partial charge in [-0.1, -0.05) is 6.07 Å². The Morgan fingerprint density at radius 2 is 2.25 bits per heavy atom. The van der Waals surface area contributed by atoms with Crippen LogP contribution in [0.5, 0.6) is 0 Å². The quantitative estimate of drug-likeness (QED) is 0.886. The zero-order valence-corrected chi connectivity index (χ0v) is 10.7. The van der Waals surface area contributed by atoms with Crippen LogP contribution in [0.2, 0.25) is 0 Å². The van der Waals surface area contributed by atoms with Gasteiger partial charge in [0.25, 0.3) is 0 Å². The molecule has 1 aromatic carbocycles. The minimum atomic E-state index is -1.07. The van der Waals surface area contributed by atoms with Crippen LogP contribution < -0.4 is 0 Å². The molecule has 20 heavy (non-hydrogen) atoms. The fraction of sp³-hybridized carbons (Fsp3) is 0.385. The number of aromatic nitrogens is 3. The monoisotopic (exact) mass is 280 g/mol. The Hall–Kier alpha value is -1.86. The molecule has 1 aliphatic rings. The van der Waals surface area contributed by atoms with E-state index in [0.717, 1.165) is 6.07 Å². The molecule has 7 heteroatoms. The van der Waals surface area contributed by atoms with Crippen LogP contribution in [0.1, 0.15) is 17.7 Å². The third-order valence-corrected chi connectivity index (χ3v) is 3.63. The number of aromatic amines is 1. The molecule has 1 aliphatic heterocycles. The molecule has 1 atom stereocenters. The van der Waals surface area contributed by atoms with Gasteiger partial charge in [-0.25, -0.2) is 8.78 Å². The highest BCUT2D eigenvalue weighted by Crippen LogP contribution is 2.31. The van der Waals surface area contributed by atoms with E-state index in [0.29, 0.717) is 37.3 Å². The summed E-state index contributed by atoms with van der Waals surface area (Å²) in [6, 6.07) is 3.53. The molecule has 2 N–H and O–H groups in total. The lowest BCUT2D eigenvalue weighted by molar-refractivity contribution is 0.0407. The number of β-amino-alcohol motifs (C(OH)–C–C–N with tert-alkyl or cyclic N) is 1. The summed E-state index contributed by atoms with van der Waals surface area (Å²) in [6.07, 6.45) is 1.99. The number of rotatable bonds is 3. The number of H-pyrrole nitrogens is 1. The minimum absolute atomic E-state index is 0.326. The first kappa shape index (κ1) is 13.1. The van der Waals surface area contributed by atoms with Gasteiger partial charge in [0.05, 0.1) is 6.20 Å². The van der Waals surface area contributed by atoms with Crippen LogP contribution in [0.15, 0.2) is 24.4 Å². The molecule has 1 aromatic heterocycles. The zero-order valence-electron chi connectivity index (χ0n) is 10.7. The summed E-state index contributed by atoms with van der Waals surface area (Å²) in [5, 5.41) is 20.6. The number of hydrogen-bond acceptors (Lipinski definition) is 4. The maximum Gasteiger partial charge on any atom is 0.130 e. The molecule has 0 aliphatic carbocycles. The molecule has 1 fully saturated rings. The molecule has 0 bridgehead atoms. The highest BCUT2D eigenvalue weighted by atomic mass is 19.1. The van der Waals surface area contributed by atoms with Crippen LogP contribution in [0.4, 0.5) is 8.78 Å². The Bertz CT molecular complexity index is 604. The summed E-state index contributed by atoms with van der Waals surface area (Å²) in [7, 11) is 0. The summed E-state index contributed by atoms with van der Waals surface area (Å²) >= 11 is 0. The summed E-state index contributed by atoms with van der Waals surface area (Å²) in [4.78, 5) is 1.91. The molecule has 3 rings (SSSR count). The third-order valence-electron chi connectivity index (χ3n) is 3.63. The lowest BCUT2D eigenvalue weighted by Gasteiger charge is -2.21. The second-order valence-corrected chi connectivity index (χ2v) is 5.08. The second-order valence-electron chi connectivity index (χ2n) is 5.08. The van der Waals surface area contributed by atoms with Gasteiger partial charge in [-0.2, -0.15) is 15.4 Å². The first-order valence-electron chi connectivity index (χ1n) is 6.32. The molecule has 0 saturated carbocycles. The number of hydrogen-bond donors (Lipinski definition) is 2. The molecule has 0 unspecified atom stereocenters. The number of nitrogens with one attached hydrogen (secondary N) is 1. The first-order valence-corrected chi connectivity index (χ1v) is 6.32. The number of benzene rings is 1. The summed E-state index contributed by atoms with van der Waals surface area (Å²) in [6.45, 7) is 1.28. The standard InChI is InChI=1S/C13H14F2N4O/c14-10-2-1-9(11(15)5-10)7-19-4-3-13(20,8-19)12-6-16-18-17-12/h1-2,5-6,20H,3-4,7-8H2,(H,16,17,18)/t13-/m1/s1. The van der Waals surface area contributed by atoms with E-state index in [4.69, 9.17) is 0 Å². The van der Waals surface area contributed by atoms with Crippen molar-refractivity contribution in [3.8, 4) is 0 Å². The van der Waals surface area contributed by atoms with Gasteiger partial charge in [0.15, 0.2) is 0 Å². The fourth-order valence-electron chi connectivity index (χ4n) is 2.53. The molecule has 2 aromatic rings. The van der Waals surface area contributed by atoms with E-state index in [9.17, 15) is 13.9 Å². The van der Waals surface area contributed by atoms with Gasteiger partial charge in [-0.15, -0.1) is 0 Å². The molecular weight excluding hydrogens is 266 g/mol. The Morgan fingerprint density at radius 3 is 2.95 bits per heavy atom. The lowest BCUT2D eigenvalue weighted by atomic mass is 10.00. The van der Waals surface area contributed by atoms with Crippen molar-refractivity contribution in [2.75, 3.05) is 13.1 Å². The van der Waals surface area contributed by atoms with Gasteiger partial charge >= 0.3 is 0 Å². The molecule has 1 saturated heterocycles. The maximum absolute atomic E-state index is 13.6. The molecule has 0 spiro atoms. The van der Waals surface area contributed by atoms with Crippen molar-refractivity contribution in [3.63, 3.8) is 0 Å². The molecule has 2 heterocycles. The largest absolute Gasteiger partial charge is 0.382 e. The smallest absolute Gasteiger partial charge is 0.130 e. The number of halogens is 2. The topological polar surface area (TPSA) is 65.0 Å². The average Bonchev–Trinajstić information content (AvgIpc) is 3.03. The first-order chi connectivity index (χ1) is 9.57. The molecule has 0 amide bonds. The third kappa shape index (κ3) is 2.41. The summed E-state index contributed by atoms with van der Waals surface area (Å²) < 4.78 is 26.5. The van der Waals surface area contributed by atoms with Crippen molar-refractivity contribution in [3.05, 3.63) is 47.3 Å². The van der Waals surface area contributed by atoms with Crippen LogP contribution in [0.3, 0.4) is 0 Å². The van der Waals surface area contributed by atoms with Crippen LogP contribution in [-0.2, 0) is 12.1 Å². The molecule has 0 radical (unpaired) electrons. The Labute approximate surface area is 114 Å². The van der Waals surface area contributed by atoms with E-state index >= 15 is 0 Å².